The lowest BCUT2D eigenvalue weighted by Gasteiger charge is -2.20. The number of benzene rings is 4. The van der Waals surface area contributed by atoms with Gasteiger partial charge in [0.05, 0.1) is 17.0 Å². The van der Waals surface area contributed by atoms with Crippen LogP contribution in [-0.2, 0) is 6.42 Å². The predicted molar refractivity (Wildman–Crippen MR) is 142 cm³/mol. The highest BCUT2D eigenvalue weighted by atomic mass is 16.3. The van der Waals surface area contributed by atoms with Crippen LogP contribution in [0.15, 0.2) is 88.1 Å². The Hall–Kier alpha value is -5.44. The van der Waals surface area contributed by atoms with Crippen LogP contribution in [0.2, 0.25) is 0 Å². The maximum atomic E-state index is 14.0. The van der Waals surface area contributed by atoms with Crippen molar-refractivity contribution in [3.05, 3.63) is 106 Å². The average molecular weight is 526 g/mol. The molecule has 1 atom stereocenters. The zero-order valence-corrected chi connectivity index (χ0v) is 20.2. The summed E-state index contributed by atoms with van der Waals surface area (Å²) in [5, 5.41) is 60.1. The van der Waals surface area contributed by atoms with Gasteiger partial charge in [-0.2, -0.15) is 0 Å². The highest BCUT2D eigenvalue weighted by Crippen LogP contribution is 2.39. The quantitative estimate of drug-likeness (QED) is 0.168. The number of rotatable bonds is 6. The van der Waals surface area contributed by atoms with E-state index in [1.807, 2.05) is 0 Å². The Morgan fingerprint density at radius 3 is 1.92 bits per heavy atom. The summed E-state index contributed by atoms with van der Waals surface area (Å²) in [4.78, 5) is 28.0. The topological polar surface area (TPSA) is 169 Å². The number of Topliss-reactive ketones (excluding diaryl/α,β-unsaturated/α-hetero) is 1. The van der Waals surface area contributed by atoms with Crippen molar-refractivity contribution in [3.8, 4) is 45.8 Å². The lowest BCUT2D eigenvalue weighted by Crippen LogP contribution is -2.24. The first-order chi connectivity index (χ1) is 18.6. The van der Waals surface area contributed by atoms with Crippen molar-refractivity contribution >= 4 is 16.8 Å². The second-order valence-electron chi connectivity index (χ2n) is 9.05. The smallest absolute Gasteiger partial charge is 0.201 e. The van der Waals surface area contributed by atoms with Crippen LogP contribution in [0.3, 0.4) is 0 Å². The van der Waals surface area contributed by atoms with Gasteiger partial charge in [-0.25, -0.2) is 0 Å². The fourth-order valence-corrected chi connectivity index (χ4v) is 4.55. The molecular formula is C30H22O9. The molecule has 196 valence electrons. The van der Waals surface area contributed by atoms with Gasteiger partial charge in [0.1, 0.15) is 51.2 Å². The minimum Gasteiger partial charge on any atom is -0.508 e. The van der Waals surface area contributed by atoms with Gasteiger partial charge in [-0.1, -0.05) is 12.1 Å². The number of ketones is 1. The lowest BCUT2D eigenvalue weighted by atomic mass is 9.83. The minimum atomic E-state index is -1.28. The summed E-state index contributed by atoms with van der Waals surface area (Å²) in [6, 6.07) is 17.3. The molecule has 0 saturated carbocycles. The van der Waals surface area contributed by atoms with Gasteiger partial charge in [-0.3, -0.25) is 9.59 Å². The molecule has 0 aliphatic rings. The summed E-state index contributed by atoms with van der Waals surface area (Å²) < 4.78 is 6.04. The fraction of sp³-hybridized carbons (Fsp3) is 0.0667. The van der Waals surface area contributed by atoms with E-state index in [1.165, 1.54) is 48.5 Å². The number of aromatic hydroxyl groups is 6. The van der Waals surface area contributed by atoms with Gasteiger partial charge in [0.25, 0.3) is 0 Å². The first kappa shape index (κ1) is 25.2. The molecular weight excluding hydrogens is 504 g/mol. The zero-order chi connectivity index (χ0) is 27.8. The molecule has 9 heteroatoms. The third kappa shape index (κ3) is 4.80. The summed E-state index contributed by atoms with van der Waals surface area (Å²) in [6.07, 6.45) is -0.0698. The number of carbonyl (C=O) groups excluding carboxylic acids is 1. The Labute approximate surface area is 220 Å². The van der Waals surface area contributed by atoms with Crippen LogP contribution < -0.4 is 5.43 Å². The van der Waals surface area contributed by atoms with Gasteiger partial charge in [-0.05, 0) is 60.5 Å². The molecule has 5 rings (SSSR count). The molecule has 0 saturated heterocycles. The number of hydrogen-bond donors (Lipinski definition) is 6. The van der Waals surface area contributed by atoms with Gasteiger partial charge in [0, 0.05) is 23.8 Å². The van der Waals surface area contributed by atoms with E-state index in [1.54, 1.807) is 12.1 Å². The molecule has 9 nitrogen and oxygen atoms in total. The molecule has 4 aromatic carbocycles. The van der Waals surface area contributed by atoms with E-state index in [4.69, 9.17) is 4.42 Å². The van der Waals surface area contributed by atoms with E-state index in [0.29, 0.717) is 11.1 Å². The molecule has 5 aromatic rings. The standard InChI is InChI=1S/C30H22O9/c31-17-5-1-15(2-6-17)11-22(28(37)21-10-9-19(33)12-23(21)35)26-29(38)27-24(36)13-20(34)14-25(27)39-30(26)16-3-7-18(32)8-4-16/h1-10,12-14,22,31-36H,11H2. The average Bonchev–Trinajstić information content (AvgIpc) is 2.88. The van der Waals surface area contributed by atoms with Crippen molar-refractivity contribution in [2.45, 2.75) is 12.3 Å². The highest BCUT2D eigenvalue weighted by Gasteiger charge is 2.32. The number of hydrogen-bond acceptors (Lipinski definition) is 9. The van der Waals surface area contributed by atoms with E-state index in [9.17, 15) is 40.2 Å². The number of carbonyl (C=O) groups is 1. The Morgan fingerprint density at radius 1 is 0.692 bits per heavy atom. The molecule has 6 N–H and O–H groups in total. The van der Waals surface area contributed by atoms with Crippen LogP contribution in [0.25, 0.3) is 22.3 Å². The van der Waals surface area contributed by atoms with Gasteiger partial charge >= 0.3 is 0 Å². The number of phenols is 6. The Morgan fingerprint density at radius 2 is 1.28 bits per heavy atom. The largest absolute Gasteiger partial charge is 0.508 e. The predicted octanol–water partition coefficient (Wildman–Crippen LogP) is 4.90. The molecule has 0 fully saturated rings. The maximum Gasteiger partial charge on any atom is 0.201 e. The van der Waals surface area contributed by atoms with E-state index in [0.717, 1.165) is 18.2 Å². The normalized spacial score (nSPS) is 11.9. The second kappa shape index (κ2) is 9.79. The summed E-state index contributed by atoms with van der Waals surface area (Å²) >= 11 is 0. The molecule has 0 aliphatic carbocycles. The van der Waals surface area contributed by atoms with Crippen LogP contribution in [0.5, 0.6) is 34.5 Å². The molecule has 1 unspecified atom stereocenters. The van der Waals surface area contributed by atoms with Crippen molar-refractivity contribution in [1.82, 2.24) is 0 Å². The molecule has 39 heavy (non-hydrogen) atoms. The van der Waals surface area contributed by atoms with Crippen LogP contribution in [0.1, 0.15) is 27.4 Å². The Kier molecular flexibility index (Phi) is 6.33. The van der Waals surface area contributed by atoms with Crippen molar-refractivity contribution in [1.29, 1.82) is 0 Å². The van der Waals surface area contributed by atoms with Gasteiger partial charge in [0.2, 0.25) is 5.43 Å². The Bertz CT molecular complexity index is 1770. The van der Waals surface area contributed by atoms with Crippen molar-refractivity contribution in [3.63, 3.8) is 0 Å². The third-order valence-corrected chi connectivity index (χ3v) is 6.41. The summed E-state index contributed by atoms with van der Waals surface area (Å²) in [7, 11) is 0. The van der Waals surface area contributed by atoms with Crippen LogP contribution in [-0.4, -0.2) is 36.4 Å². The van der Waals surface area contributed by atoms with Gasteiger partial charge in [-0.15, -0.1) is 0 Å². The van der Waals surface area contributed by atoms with E-state index >= 15 is 0 Å². The minimum absolute atomic E-state index is 0.00228. The van der Waals surface area contributed by atoms with Crippen LogP contribution in [0.4, 0.5) is 0 Å². The number of fused-ring (bicyclic) bond motifs is 1. The molecule has 0 spiro atoms. The summed E-state index contributed by atoms with van der Waals surface area (Å²) in [6.45, 7) is 0. The number of phenolic OH excluding ortho intramolecular Hbond substituents is 6. The van der Waals surface area contributed by atoms with Crippen molar-refractivity contribution < 1.29 is 39.9 Å². The molecule has 0 amide bonds. The maximum absolute atomic E-state index is 14.0. The third-order valence-electron chi connectivity index (χ3n) is 6.41. The monoisotopic (exact) mass is 526 g/mol. The van der Waals surface area contributed by atoms with Crippen molar-refractivity contribution in [2.75, 3.05) is 0 Å². The first-order valence-corrected chi connectivity index (χ1v) is 11.8. The molecule has 0 aliphatic heterocycles. The molecule has 0 bridgehead atoms. The first-order valence-electron chi connectivity index (χ1n) is 11.8. The van der Waals surface area contributed by atoms with Crippen LogP contribution in [0, 0.1) is 0 Å². The summed E-state index contributed by atoms with van der Waals surface area (Å²) in [5.41, 5.74) is -0.291. The molecule has 1 aromatic heterocycles. The van der Waals surface area contributed by atoms with Gasteiger partial charge in [0.15, 0.2) is 5.78 Å². The molecule has 1 heterocycles. The second-order valence-corrected chi connectivity index (χ2v) is 9.05. The van der Waals surface area contributed by atoms with Gasteiger partial charge < -0.3 is 35.1 Å². The van der Waals surface area contributed by atoms with Crippen LogP contribution >= 0.6 is 0 Å². The van der Waals surface area contributed by atoms with E-state index in [2.05, 4.69) is 0 Å². The Balaban J connectivity index is 1.83. The van der Waals surface area contributed by atoms with Crippen molar-refractivity contribution in [2.24, 2.45) is 0 Å². The fourth-order valence-electron chi connectivity index (χ4n) is 4.55. The van der Waals surface area contributed by atoms with E-state index < -0.39 is 28.6 Å². The SMILES string of the molecule is O=C(c1ccc(O)cc1O)C(Cc1ccc(O)cc1)c1c(-c2ccc(O)cc2)oc2cc(O)cc(O)c2c1=O. The van der Waals surface area contributed by atoms with E-state index in [-0.39, 0.29) is 57.3 Å². The summed E-state index contributed by atoms with van der Waals surface area (Å²) in [5.74, 6) is -3.72. The molecule has 0 radical (unpaired) electrons. The zero-order valence-electron chi connectivity index (χ0n) is 20.2. The highest BCUT2D eigenvalue weighted by molar-refractivity contribution is 6.04. The lowest BCUT2D eigenvalue weighted by molar-refractivity contribution is 0.0955.